The molecule has 2 heterocycles. The molecule has 0 aliphatic carbocycles. The van der Waals surface area contributed by atoms with Gasteiger partial charge in [-0.1, -0.05) is 0 Å². The lowest BCUT2D eigenvalue weighted by molar-refractivity contribution is -0.142. The maximum atomic E-state index is 12.1. The SMILES string of the molecule is CCOC(=O)Cc1csc(NC(=O)C(C)n2cc(Br)cn2)n1. The molecule has 1 atom stereocenters. The summed E-state index contributed by atoms with van der Waals surface area (Å²) >= 11 is 4.55. The second-order valence-corrected chi connectivity index (χ2v) is 6.20. The number of ether oxygens (including phenoxy) is 1. The molecule has 0 radical (unpaired) electrons. The van der Waals surface area contributed by atoms with Crippen LogP contribution in [0.4, 0.5) is 5.13 Å². The molecule has 1 N–H and O–H groups in total. The Kier molecular flexibility index (Phi) is 5.67. The summed E-state index contributed by atoms with van der Waals surface area (Å²) in [5, 5.41) is 8.96. The lowest BCUT2D eigenvalue weighted by Gasteiger charge is -2.10. The molecule has 0 saturated heterocycles. The molecule has 0 aliphatic rings. The van der Waals surface area contributed by atoms with Crippen molar-refractivity contribution in [2.75, 3.05) is 11.9 Å². The summed E-state index contributed by atoms with van der Waals surface area (Å²) in [7, 11) is 0. The average Bonchev–Trinajstić information content (AvgIpc) is 3.07. The molecule has 118 valence electrons. The number of thiazole rings is 1. The molecule has 0 saturated carbocycles. The predicted molar refractivity (Wildman–Crippen MR) is 85.7 cm³/mol. The van der Waals surface area contributed by atoms with Crippen molar-refractivity contribution < 1.29 is 14.3 Å². The lowest BCUT2D eigenvalue weighted by Crippen LogP contribution is -2.24. The van der Waals surface area contributed by atoms with Gasteiger partial charge in [-0.15, -0.1) is 11.3 Å². The van der Waals surface area contributed by atoms with E-state index in [1.54, 1.807) is 36.3 Å². The highest BCUT2D eigenvalue weighted by Gasteiger charge is 2.17. The van der Waals surface area contributed by atoms with E-state index in [4.69, 9.17) is 4.74 Å². The number of carbonyl (C=O) groups excluding carboxylic acids is 2. The van der Waals surface area contributed by atoms with E-state index in [9.17, 15) is 9.59 Å². The van der Waals surface area contributed by atoms with Crippen LogP contribution in [0.25, 0.3) is 0 Å². The molecular formula is C13H15BrN4O3S. The number of aromatic nitrogens is 3. The van der Waals surface area contributed by atoms with Gasteiger partial charge in [-0.2, -0.15) is 5.10 Å². The fraction of sp³-hybridized carbons (Fsp3) is 0.385. The Morgan fingerprint density at radius 2 is 2.32 bits per heavy atom. The molecule has 22 heavy (non-hydrogen) atoms. The quantitative estimate of drug-likeness (QED) is 0.770. The van der Waals surface area contributed by atoms with Crippen molar-refractivity contribution in [3.63, 3.8) is 0 Å². The molecule has 1 amide bonds. The first-order valence-electron chi connectivity index (χ1n) is 6.60. The summed E-state index contributed by atoms with van der Waals surface area (Å²) in [5.41, 5.74) is 0.577. The number of amides is 1. The molecule has 2 aromatic rings. The first kappa shape index (κ1) is 16.6. The third-order valence-corrected chi connectivity index (χ3v) is 3.97. The average molecular weight is 387 g/mol. The van der Waals surface area contributed by atoms with Gasteiger partial charge in [0.1, 0.15) is 6.04 Å². The van der Waals surface area contributed by atoms with Crippen molar-refractivity contribution in [1.29, 1.82) is 0 Å². The predicted octanol–water partition coefficient (Wildman–Crippen LogP) is 2.41. The van der Waals surface area contributed by atoms with Crippen LogP contribution >= 0.6 is 27.3 Å². The summed E-state index contributed by atoms with van der Waals surface area (Å²) in [5.74, 6) is -0.562. The topological polar surface area (TPSA) is 86.1 Å². The van der Waals surface area contributed by atoms with Crippen molar-refractivity contribution in [3.05, 3.63) is 27.9 Å². The second-order valence-electron chi connectivity index (χ2n) is 4.43. The fourth-order valence-electron chi connectivity index (χ4n) is 1.66. The van der Waals surface area contributed by atoms with E-state index in [2.05, 4.69) is 31.3 Å². The molecule has 0 fully saturated rings. The fourth-order valence-corrected chi connectivity index (χ4v) is 2.68. The smallest absolute Gasteiger partial charge is 0.311 e. The molecule has 0 spiro atoms. The van der Waals surface area contributed by atoms with Gasteiger partial charge >= 0.3 is 5.97 Å². The largest absolute Gasteiger partial charge is 0.466 e. The number of esters is 1. The summed E-state index contributed by atoms with van der Waals surface area (Å²) in [6.45, 7) is 3.82. The zero-order valence-corrected chi connectivity index (χ0v) is 14.5. The highest BCUT2D eigenvalue weighted by Crippen LogP contribution is 2.18. The van der Waals surface area contributed by atoms with Gasteiger partial charge in [0.2, 0.25) is 0 Å². The second kappa shape index (κ2) is 7.50. The normalized spacial score (nSPS) is 12.0. The van der Waals surface area contributed by atoms with E-state index in [1.807, 2.05) is 0 Å². The molecule has 1 unspecified atom stereocenters. The first-order chi connectivity index (χ1) is 10.5. The Hall–Kier alpha value is -1.74. The van der Waals surface area contributed by atoms with Gasteiger partial charge in [-0.05, 0) is 29.8 Å². The van der Waals surface area contributed by atoms with Crippen molar-refractivity contribution >= 4 is 44.3 Å². The van der Waals surface area contributed by atoms with Gasteiger partial charge in [-0.3, -0.25) is 14.3 Å². The maximum Gasteiger partial charge on any atom is 0.311 e. The van der Waals surface area contributed by atoms with Gasteiger partial charge in [0.15, 0.2) is 5.13 Å². The van der Waals surface area contributed by atoms with E-state index in [-0.39, 0.29) is 18.3 Å². The Labute approximate surface area is 139 Å². The van der Waals surface area contributed by atoms with Crippen LogP contribution < -0.4 is 5.32 Å². The van der Waals surface area contributed by atoms with Crippen LogP contribution in [0.1, 0.15) is 25.6 Å². The lowest BCUT2D eigenvalue weighted by atomic mass is 10.3. The Bertz CT molecular complexity index is 670. The first-order valence-corrected chi connectivity index (χ1v) is 8.27. The minimum Gasteiger partial charge on any atom is -0.466 e. The van der Waals surface area contributed by atoms with E-state index in [1.165, 1.54) is 11.3 Å². The van der Waals surface area contributed by atoms with Crippen LogP contribution in [0.5, 0.6) is 0 Å². The zero-order chi connectivity index (χ0) is 16.1. The van der Waals surface area contributed by atoms with Crippen LogP contribution in [0.2, 0.25) is 0 Å². The highest BCUT2D eigenvalue weighted by molar-refractivity contribution is 9.10. The minimum atomic E-state index is -0.469. The van der Waals surface area contributed by atoms with Crippen molar-refractivity contribution in [2.24, 2.45) is 0 Å². The Morgan fingerprint density at radius 3 is 2.95 bits per heavy atom. The Morgan fingerprint density at radius 1 is 1.55 bits per heavy atom. The molecule has 7 nitrogen and oxygen atoms in total. The molecule has 0 aliphatic heterocycles. The maximum absolute atomic E-state index is 12.1. The van der Waals surface area contributed by atoms with Crippen molar-refractivity contribution in [3.8, 4) is 0 Å². The van der Waals surface area contributed by atoms with Gasteiger partial charge < -0.3 is 10.1 Å². The zero-order valence-electron chi connectivity index (χ0n) is 12.1. The third-order valence-electron chi connectivity index (χ3n) is 2.76. The Balaban J connectivity index is 1.94. The monoisotopic (exact) mass is 386 g/mol. The summed E-state index contributed by atoms with van der Waals surface area (Å²) in [6, 6.07) is -0.469. The van der Waals surface area contributed by atoms with Crippen LogP contribution in [-0.2, 0) is 20.7 Å². The standard InChI is InChI=1S/C13H15BrN4O3S/c1-3-21-11(19)4-10-7-22-13(16-10)17-12(20)8(2)18-6-9(14)5-15-18/h5-8H,3-4H2,1-2H3,(H,16,17,20). The summed E-state index contributed by atoms with van der Waals surface area (Å²) < 4.78 is 7.21. The van der Waals surface area contributed by atoms with Crippen molar-refractivity contribution in [2.45, 2.75) is 26.3 Å². The number of carbonyl (C=O) groups is 2. The van der Waals surface area contributed by atoms with E-state index in [0.717, 1.165) is 4.47 Å². The van der Waals surface area contributed by atoms with Gasteiger partial charge in [0.05, 0.1) is 29.4 Å². The van der Waals surface area contributed by atoms with Gasteiger partial charge in [0, 0.05) is 11.6 Å². The van der Waals surface area contributed by atoms with Crippen LogP contribution in [0, 0.1) is 0 Å². The van der Waals surface area contributed by atoms with Gasteiger partial charge in [-0.25, -0.2) is 4.98 Å². The molecule has 2 rings (SSSR count). The summed E-state index contributed by atoms with van der Waals surface area (Å²) in [6.07, 6.45) is 3.44. The molecule has 9 heteroatoms. The van der Waals surface area contributed by atoms with E-state index in [0.29, 0.717) is 17.4 Å². The highest BCUT2D eigenvalue weighted by atomic mass is 79.9. The van der Waals surface area contributed by atoms with Crippen LogP contribution in [0.15, 0.2) is 22.2 Å². The number of nitrogens with zero attached hydrogens (tertiary/aromatic N) is 3. The summed E-state index contributed by atoms with van der Waals surface area (Å²) in [4.78, 5) is 27.7. The van der Waals surface area contributed by atoms with E-state index >= 15 is 0 Å². The molecule has 2 aromatic heterocycles. The molecule has 0 bridgehead atoms. The van der Waals surface area contributed by atoms with E-state index < -0.39 is 6.04 Å². The van der Waals surface area contributed by atoms with Crippen LogP contribution in [-0.4, -0.2) is 33.2 Å². The number of halogens is 1. The van der Waals surface area contributed by atoms with Gasteiger partial charge in [0.25, 0.3) is 5.91 Å². The number of hydrogen-bond acceptors (Lipinski definition) is 6. The number of nitrogens with one attached hydrogen (secondary N) is 1. The molecule has 0 aromatic carbocycles. The third kappa shape index (κ3) is 4.38. The van der Waals surface area contributed by atoms with Crippen LogP contribution in [0.3, 0.4) is 0 Å². The van der Waals surface area contributed by atoms with Crippen molar-refractivity contribution in [1.82, 2.24) is 14.8 Å². The number of anilines is 1. The number of rotatable bonds is 6. The molecular weight excluding hydrogens is 372 g/mol. The number of hydrogen-bond donors (Lipinski definition) is 1. The minimum absolute atomic E-state index is 0.0991.